The van der Waals surface area contributed by atoms with Crippen LogP contribution in [0.3, 0.4) is 0 Å². The minimum atomic E-state index is -1.20. The zero-order valence-electron chi connectivity index (χ0n) is 8.20. The highest BCUT2D eigenvalue weighted by molar-refractivity contribution is 7.85. The van der Waals surface area contributed by atoms with E-state index in [1.165, 1.54) is 12.1 Å². The summed E-state index contributed by atoms with van der Waals surface area (Å²) in [6, 6.07) is 5.84. The average molecular weight is 216 g/mol. The van der Waals surface area contributed by atoms with Crippen LogP contribution in [0.2, 0.25) is 0 Å². The molecule has 0 amide bonds. The molecular weight excluding hydrogens is 203 g/mol. The smallest absolute Gasteiger partial charge is 0.124 e. The van der Waals surface area contributed by atoms with Gasteiger partial charge < -0.3 is 4.74 Å². The molecule has 0 spiro atoms. The molecule has 0 aliphatic carbocycles. The second kappa shape index (κ2) is 5.22. The molecule has 2 atom stereocenters. The second-order valence-electron chi connectivity index (χ2n) is 3.02. The lowest BCUT2D eigenvalue weighted by Gasteiger charge is -2.09. The van der Waals surface area contributed by atoms with Crippen LogP contribution in [-0.4, -0.2) is 23.2 Å². The fourth-order valence-corrected chi connectivity index (χ4v) is 2.29. The first-order chi connectivity index (χ1) is 6.65. The molecule has 0 bridgehead atoms. The summed E-state index contributed by atoms with van der Waals surface area (Å²) in [7, 11) is 0.352. The van der Waals surface area contributed by atoms with Crippen molar-refractivity contribution in [1.82, 2.24) is 0 Å². The Morgan fingerprint density at radius 2 is 2.29 bits per heavy atom. The molecule has 0 heterocycles. The van der Waals surface area contributed by atoms with Gasteiger partial charge in [0.1, 0.15) is 5.82 Å². The summed E-state index contributed by atoms with van der Waals surface area (Å²) in [5.41, 5.74) is 0. The van der Waals surface area contributed by atoms with Gasteiger partial charge in [0.15, 0.2) is 0 Å². The third-order valence-electron chi connectivity index (χ3n) is 1.80. The molecular formula is C10H13FO2S. The van der Waals surface area contributed by atoms with Gasteiger partial charge in [-0.2, -0.15) is 0 Å². The number of hydrogen-bond donors (Lipinski definition) is 0. The van der Waals surface area contributed by atoms with Gasteiger partial charge in [-0.3, -0.25) is 4.21 Å². The predicted octanol–water partition coefficient (Wildman–Crippen LogP) is 1.97. The zero-order chi connectivity index (χ0) is 10.6. The van der Waals surface area contributed by atoms with Crippen LogP contribution in [0, 0.1) is 5.82 Å². The van der Waals surface area contributed by atoms with Gasteiger partial charge in [-0.15, -0.1) is 0 Å². The largest absolute Gasteiger partial charge is 0.383 e. The highest BCUT2D eigenvalue weighted by Gasteiger charge is 2.13. The van der Waals surface area contributed by atoms with E-state index in [0.717, 1.165) is 0 Å². The van der Waals surface area contributed by atoms with Crippen molar-refractivity contribution in [2.24, 2.45) is 0 Å². The third kappa shape index (κ3) is 2.89. The predicted molar refractivity (Wildman–Crippen MR) is 54.1 cm³/mol. The Morgan fingerprint density at radius 3 is 2.86 bits per heavy atom. The molecule has 2 nitrogen and oxygen atoms in total. The number of ether oxygens (including phenoxy) is 1. The summed E-state index contributed by atoms with van der Waals surface area (Å²) in [6.45, 7) is 2.22. The lowest BCUT2D eigenvalue weighted by Crippen LogP contribution is -2.17. The number of hydrogen-bond acceptors (Lipinski definition) is 2. The van der Waals surface area contributed by atoms with Crippen molar-refractivity contribution in [3.05, 3.63) is 30.1 Å². The second-order valence-corrected chi connectivity index (χ2v) is 4.89. The minimum Gasteiger partial charge on any atom is -0.383 e. The van der Waals surface area contributed by atoms with E-state index in [9.17, 15) is 8.60 Å². The molecule has 1 aromatic rings. The fourth-order valence-electron chi connectivity index (χ4n) is 1.12. The molecule has 1 rings (SSSR count). The maximum absolute atomic E-state index is 12.8. The van der Waals surface area contributed by atoms with Gasteiger partial charge in [0.25, 0.3) is 0 Å². The Kier molecular flexibility index (Phi) is 4.22. The average Bonchev–Trinajstić information content (AvgIpc) is 2.17. The third-order valence-corrected chi connectivity index (χ3v) is 3.38. The summed E-state index contributed by atoms with van der Waals surface area (Å²) in [5.74, 6) is -0.361. The molecule has 0 saturated heterocycles. The van der Waals surface area contributed by atoms with Crippen molar-refractivity contribution in [2.45, 2.75) is 17.1 Å². The maximum Gasteiger partial charge on any atom is 0.124 e. The Balaban J connectivity index is 2.78. The Hall–Kier alpha value is -0.740. The molecule has 4 heteroatoms. The van der Waals surface area contributed by atoms with Crippen LogP contribution >= 0.6 is 0 Å². The molecule has 0 aromatic heterocycles. The van der Waals surface area contributed by atoms with Crippen molar-refractivity contribution in [3.63, 3.8) is 0 Å². The number of benzene rings is 1. The van der Waals surface area contributed by atoms with E-state index in [0.29, 0.717) is 11.5 Å². The van der Waals surface area contributed by atoms with Gasteiger partial charge in [-0.1, -0.05) is 6.07 Å². The first kappa shape index (κ1) is 11.3. The van der Waals surface area contributed by atoms with Gasteiger partial charge in [-0.05, 0) is 25.1 Å². The molecule has 0 saturated carbocycles. The summed E-state index contributed by atoms with van der Waals surface area (Å²) in [6.07, 6.45) is 0. The number of methoxy groups -OCH3 is 1. The molecule has 2 unspecified atom stereocenters. The van der Waals surface area contributed by atoms with Crippen LogP contribution < -0.4 is 0 Å². The monoisotopic (exact) mass is 216 g/mol. The minimum absolute atomic E-state index is 0.123. The molecule has 14 heavy (non-hydrogen) atoms. The standard InChI is InChI=1S/C10H13FO2S/c1-8(7-13-2)14(12)10-5-3-4-9(11)6-10/h3-6,8H,7H2,1-2H3. The zero-order valence-corrected chi connectivity index (χ0v) is 9.01. The molecule has 78 valence electrons. The Morgan fingerprint density at radius 1 is 1.57 bits per heavy atom. The Bertz CT molecular complexity index is 328. The van der Waals surface area contributed by atoms with E-state index >= 15 is 0 Å². The fraction of sp³-hybridized carbons (Fsp3) is 0.400. The van der Waals surface area contributed by atoms with Crippen LogP contribution in [0.4, 0.5) is 4.39 Å². The normalized spacial score (nSPS) is 15.1. The number of halogens is 1. The SMILES string of the molecule is COCC(C)S(=O)c1cccc(F)c1. The van der Waals surface area contributed by atoms with Crippen molar-refractivity contribution in [3.8, 4) is 0 Å². The Labute approximate surface area is 85.5 Å². The van der Waals surface area contributed by atoms with Crippen molar-refractivity contribution >= 4 is 10.8 Å². The quantitative estimate of drug-likeness (QED) is 0.769. The van der Waals surface area contributed by atoms with Gasteiger partial charge >= 0.3 is 0 Å². The van der Waals surface area contributed by atoms with E-state index in [1.54, 1.807) is 19.2 Å². The van der Waals surface area contributed by atoms with Gasteiger partial charge in [0.2, 0.25) is 0 Å². The van der Waals surface area contributed by atoms with E-state index < -0.39 is 10.8 Å². The van der Waals surface area contributed by atoms with Crippen molar-refractivity contribution in [1.29, 1.82) is 0 Å². The summed E-state index contributed by atoms with van der Waals surface area (Å²) in [4.78, 5) is 0.509. The first-order valence-electron chi connectivity index (χ1n) is 4.30. The topological polar surface area (TPSA) is 26.3 Å². The van der Waals surface area contributed by atoms with E-state index in [-0.39, 0.29) is 11.1 Å². The van der Waals surface area contributed by atoms with E-state index in [1.807, 2.05) is 6.92 Å². The summed E-state index contributed by atoms with van der Waals surface area (Å²) >= 11 is 0. The molecule has 1 aromatic carbocycles. The molecule has 0 N–H and O–H groups in total. The molecule has 0 radical (unpaired) electrons. The van der Waals surface area contributed by atoms with E-state index in [2.05, 4.69) is 0 Å². The van der Waals surface area contributed by atoms with Crippen LogP contribution in [0.25, 0.3) is 0 Å². The van der Waals surface area contributed by atoms with Crippen LogP contribution in [0.15, 0.2) is 29.2 Å². The molecule has 0 aliphatic rings. The highest BCUT2D eigenvalue weighted by atomic mass is 32.2. The van der Waals surface area contributed by atoms with E-state index in [4.69, 9.17) is 4.74 Å². The molecule has 0 aliphatic heterocycles. The lowest BCUT2D eigenvalue weighted by molar-refractivity contribution is 0.201. The van der Waals surface area contributed by atoms with Gasteiger partial charge in [0.05, 0.1) is 22.7 Å². The van der Waals surface area contributed by atoms with Crippen LogP contribution in [-0.2, 0) is 15.5 Å². The molecule has 0 fully saturated rings. The van der Waals surface area contributed by atoms with Crippen molar-refractivity contribution in [2.75, 3.05) is 13.7 Å². The number of rotatable bonds is 4. The van der Waals surface area contributed by atoms with Gasteiger partial charge in [0, 0.05) is 12.0 Å². The summed E-state index contributed by atoms with van der Waals surface area (Å²) in [5, 5.41) is -0.123. The van der Waals surface area contributed by atoms with Gasteiger partial charge in [-0.25, -0.2) is 4.39 Å². The van der Waals surface area contributed by atoms with Crippen molar-refractivity contribution < 1.29 is 13.3 Å². The summed E-state index contributed by atoms with van der Waals surface area (Å²) < 4.78 is 29.5. The lowest BCUT2D eigenvalue weighted by atomic mass is 10.3. The van der Waals surface area contributed by atoms with Crippen LogP contribution in [0.5, 0.6) is 0 Å². The van der Waals surface area contributed by atoms with Crippen LogP contribution in [0.1, 0.15) is 6.92 Å². The maximum atomic E-state index is 12.8. The first-order valence-corrected chi connectivity index (χ1v) is 5.51. The highest BCUT2D eigenvalue weighted by Crippen LogP contribution is 2.12.